The SMILES string of the molecule is CCCNC(C)c1ccc(N(C)C(CC)CSC)cn1. The van der Waals surface area contributed by atoms with Crippen LogP contribution in [0, 0.1) is 0 Å². The van der Waals surface area contributed by atoms with E-state index in [0.29, 0.717) is 12.1 Å². The van der Waals surface area contributed by atoms with Gasteiger partial charge in [0.2, 0.25) is 0 Å². The number of pyridine rings is 1. The molecule has 0 spiro atoms. The first kappa shape index (κ1) is 17.3. The number of hydrogen-bond donors (Lipinski definition) is 1. The summed E-state index contributed by atoms with van der Waals surface area (Å²) < 4.78 is 0. The molecule has 1 aromatic rings. The molecule has 2 unspecified atom stereocenters. The molecule has 2 atom stereocenters. The van der Waals surface area contributed by atoms with Gasteiger partial charge in [-0.2, -0.15) is 11.8 Å². The molecule has 0 bridgehead atoms. The van der Waals surface area contributed by atoms with E-state index in [9.17, 15) is 0 Å². The first-order chi connectivity index (χ1) is 9.63. The van der Waals surface area contributed by atoms with Crippen molar-refractivity contribution in [3.8, 4) is 0 Å². The Morgan fingerprint density at radius 2 is 2.10 bits per heavy atom. The van der Waals surface area contributed by atoms with E-state index in [0.717, 1.165) is 30.8 Å². The molecule has 0 radical (unpaired) electrons. The fraction of sp³-hybridized carbons (Fsp3) is 0.688. The number of thioether (sulfide) groups is 1. The summed E-state index contributed by atoms with van der Waals surface area (Å²) in [7, 11) is 2.17. The van der Waals surface area contributed by atoms with Gasteiger partial charge in [0, 0.05) is 24.9 Å². The number of aromatic nitrogens is 1. The van der Waals surface area contributed by atoms with E-state index < -0.39 is 0 Å². The predicted octanol–water partition coefficient (Wildman–Crippen LogP) is 3.72. The number of anilines is 1. The van der Waals surface area contributed by atoms with Gasteiger partial charge in [-0.1, -0.05) is 13.8 Å². The lowest BCUT2D eigenvalue weighted by atomic mass is 10.2. The summed E-state index contributed by atoms with van der Waals surface area (Å²) in [6.07, 6.45) is 6.48. The maximum absolute atomic E-state index is 4.62. The van der Waals surface area contributed by atoms with Gasteiger partial charge in [-0.05, 0) is 44.7 Å². The largest absolute Gasteiger partial charge is 0.370 e. The molecule has 1 aromatic heterocycles. The van der Waals surface area contributed by atoms with Crippen molar-refractivity contribution in [2.24, 2.45) is 0 Å². The Labute approximate surface area is 128 Å². The van der Waals surface area contributed by atoms with Crippen LogP contribution in [0.2, 0.25) is 0 Å². The van der Waals surface area contributed by atoms with E-state index >= 15 is 0 Å². The second-order valence-corrected chi connectivity index (χ2v) is 6.16. The Morgan fingerprint density at radius 1 is 1.35 bits per heavy atom. The smallest absolute Gasteiger partial charge is 0.0572 e. The van der Waals surface area contributed by atoms with Crippen LogP contribution in [0.3, 0.4) is 0 Å². The quantitative estimate of drug-likeness (QED) is 0.751. The van der Waals surface area contributed by atoms with Crippen molar-refractivity contribution in [1.29, 1.82) is 0 Å². The van der Waals surface area contributed by atoms with Crippen LogP contribution in [0.15, 0.2) is 18.3 Å². The summed E-state index contributed by atoms with van der Waals surface area (Å²) in [5.41, 5.74) is 2.32. The van der Waals surface area contributed by atoms with Crippen LogP contribution in [0.25, 0.3) is 0 Å². The van der Waals surface area contributed by atoms with Crippen molar-refractivity contribution in [2.45, 2.75) is 45.7 Å². The maximum Gasteiger partial charge on any atom is 0.0572 e. The number of nitrogens with zero attached hydrogens (tertiary/aromatic N) is 2. The standard InChI is InChI=1S/C16H29N3S/c1-6-10-17-13(3)16-9-8-15(11-18-16)19(4)14(7-2)12-20-5/h8-9,11,13-14,17H,6-7,10,12H2,1-5H3. The maximum atomic E-state index is 4.62. The first-order valence-corrected chi connectivity index (χ1v) is 8.94. The monoisotopic (exact) mass is 295 g/mol. The van der Waals surface area contributed by atoms with Crippen LogP contribution in [0.1, 0.15) is 45.3 Å². The second-order valence-electron chi connectivity index (χ2n) is 5.25. The molecule has 3 nitrogen and oxygen atoms in total. The van der Waals surface area contributed by atoms with Crippen molar-refractivity contribution >= 4 is 17.4 Å². The summed E-state index contributed by atoms with van der Waals surface area (Å²) >= 11 is 1.90. The molecule has 114 valence electrons. The lowest BCUT2D eigenvalue weighted by Crippen LogP contribution is -2.33. The zero-order valence-corrected chi connectivity index (χ0v) is 14.3. The molecule has 0 aliphatic carbocycles. The number of hydrogen-bond acceptors (Lipinski definition) is 4. The van der Waals surface area contributed by atoms with Crippen LogP contribution >= 0.6 is 11.8 Å². The zero-order valence-electron chi connectivity index (χ0n) is 13.5. The Kier molecular flexibility index (Phi) is 8.00. The van der Waals surface area contributed by atoms with E-state index in [1.807, 2.05) is 18.0 Å². The Balaban J connectivity index is 2.69. The van der Waals surface area contributed by atoms with Gasteiger partial charge >= 0.3 is 0 Å². The van der Waals surface area contributed by atoms with Crippen molar-refractivity contribution in [2.75, 3.05) is 30.5 Å². The van der Waals surface area contributed by atoms with Gasteiger partial charge < -0.3 is 10.2 Å². The van der Waals surface area contributed by atoms with Crippen molar-refractivity contribution in [3.63, 3.8) is 0 Å². The molecule has 1 heterocycles. The summed E-state index contributed by atoms with van der Waals surface area (Å²) in [5.74, 6) is 1.16. The summed E-state index contributed by atoms with van der Waals surface area (Å²) in [4.78, 5) is 6.96. The highest BCUT2D eigenvalue weighted by Crippen LogP contribution is 2.20. The Hall–Kier alpha value is -0.740. The summed E-state index contributed by atoms with van der Waals surface area (Å²) in [6.45, 7) is 7.64. The topological polar surface area (TPSA) is 28.2 Å². The zero-order chi connectivity index (χ0) is 15.0. The van der Waals surface area contributed by atoms with Gasteiger partial charge in [0.15, 0.2) is 0 Å². The third-order valence-electron chi connectivity index (χ3n) is 3.70. The number of rotatable bonds is 9. The fourth-order valence-corrected chi connectivity index (χ4v) is 3.08. The highest BCUT2D eigenvalue weighted by molar-refractivity contribution is 7.98. The molecule has 0 aromatic carbocycles. The molecule has 0 aliphatic heterocycles. The van der Waals surface area contributed by atoms with Gasteiger partial charge in [-0.15, -0.1) is 0 Å². The minimum Gasteiger partial charge on any atom is -0.370 e. The Bertz CT molecular complexity index is 366. The van der Waals surface area contributed by atoms with Crippen molar-refractivity contribution in [1.82, 2.24) is 10.3 Å². The van der Waals surface area contributed by atoms with Gasteiger partial charge in [0.05, 0.1) is 17.6 Å². The molecule has 0 saturated heterocycles. The van der Waals surface area contributed by atoms with Crippen LogP contribution in [0.4, 0.5) is 5.69 Å². The van der Waals surface area contributed by atoms with E-state index in [1.165, 1.54) is 5.69 Å². The lowest BCUT2D eigenvalue weighted by Gasteiger charge is -2.28. The van der Waals surface area contributed by atoms with E-state index in [2.05, 4.69) is 61.4 Å². The lowest BCUT2D eigenvalue weighted by molar-refractivity contribution is 0.558. The average molecular weight is 295 g/mol. The van der Waals surface area contributed by atoms with Crippen LogP contribution in [-0.2, 0) is 0 Å². The molecule has 0 saturated carbocycles. The summed E-state index contributed by atoms with van der Waals surface area (Å²) in [6, 6.07) is 5.23. The van der Waals surface area contributed by atoms with E-state index in [4.69, 9.17) is 0 Å². The fourth-order valence-electron chi connectivity index (χ4n) is 2.23. The van der Waals surface area contributed by atoms with Gasteiger partial charge in [0.25, 0.3) is 0 Å². The highest BCUT2D eigenvalue weighted by Gasteiger charge is 2.13. The molecule has 0 amide bonds. The average Bonchev–Trinajstić information content (AvgIpc) is 2.49. The first-order valence-electron chi connectivity index (χ1n) is 7.55. The molecular formula is C16H29N3S. The van der Waals surface area contributed by atoms with Gasteiger partial charge in [0.1, 0.15) is 0 Å². The van der Waals surface area contributed by atoms with Gasteiger partial charge in [-0.25, -0.2) is 0 Å². The van der Waals surface area contributed by atoms with E-state index in [-0.39, 0.29) is 0 Å². The van der Waals surface area contributed by atoms with Crippen LogP contribution in [0.5, 0.6) is 0 Å². The molecule has 1 rings (SSSR count). The molecular weight excluding hydrogens is 266 g/mol. The van der Waals surface area contributed by atoms with E-state index in [1.54, 1.807) is 0 Å². The van der Waals surface area contributed by atoms with Gasteiger partial charge in [-0.3, -0.25) is 4.98 Å². The molecule has 0 fully saturated rings. The Morgan fingerprint density at radius 3 is 2.60 bits per heavy atom. The third kappa shape index (κ3) is 4.98. The highest BCUT2D eigenvalue weighted by atomic mass is 32.2. The predicted molar refractivity (Wildman–Crippen MR) is 91.8 cm³/mol. The molecule has 4 heteroatoms. The molecule has 1 N–H and O–H groups in total. The normalized spacial score (nSPS) is 14.1. The molecule has 0 aliphatic rings. The van der Waals surface area contributed by atoms with Crippen molar-refractivity contribution in [3.05, 3.63) is 24.0 Å². The minimum atomic E-state index is 0.322. The number of nitrogens with one attached hydrogen (secondary N) is 1. The summed E-state index contributed by atoms with van der Waals surface area (Å²) in [5, 5.41) is 3.47. The van der Waals surface area contributed by atoms with Crippen LogP contribution < -0.4 is 10.2 Å². The van der Waals surface area contributed by atoms with Crippen molar-refractivity contribution < 1.29 is 0 Å². The third-order valence-corrected chi connectivity index (χ3v) is 4.42. The second kappa shape index (κ2) is 9.24. The molecule has 20 heavy (non-hydrogen) atoms. The van der Waals surface area contributed by atoms with Crippen LogP contribution in [-0.4, -0.2) is 36.6 Å². The minimum absolute atomic E-state index is 0.322.